The van der Waals surface area contributed by atoms with Crippen molar-refractivity contribution in [2.75, 3.05) is 38.7 Å². The number of benzene rings is 3. The second kappa shape index (κ2) is 14.5. The molecule has 2 heterocycles. The number of hydrogen-bond donors (Lipinski definition) is 3. The predicted octanol–water partition coefficient (Wildman–Crippen LogP) is 5.49. The Kier molecular flexibility index (Phi) is 10.0. The molecule has 0 spiro atoms. The van der Waals surface area contributed by atoms with Gasteiger partial charge in [-0.15, -0.1) is 0 Å². The van der Waals surface area contributed by atoms with Gasteiger partial charge in [-0.05, 0) is 73.7 Å². The highest BCUT2D eigenvalue weighted by atomic mass is 19.1. The summed E-state index contributed by atoms with van der Waals surface area (Å²) in [6.07, 6.45) is 5.95. The van der Waals surface area contributed by atoms with Gasteiger partial charge in [0, 0.05) is 35.9 Å². The molecule has 9 nitrogen and oxygen atoms in total. The van der Waals surface area contributed by atoms with Crippen LogP contribution in [0.2, 0.25) is 0 Å². The molecule has 2 amide bonds. The van der Waals surface area contributed by atoms with Crippen LogP contribution < -0.4 is 30.2 Å². The van der Waals surface area contributed by atoms with E-state index in [1.54, 1.807) is 37.6 Å². The van der Waals surface area contributed by atoms with E-state index >= 15 is 4.39 Å². The van der Waals surface area contributed by atoms with Crippen LogP contribution in [0, 0.1) is 11.7 Å². The highest BCUT2D eigenvalue weighted by molar-refractivity contribution is 6.39. The molecular formula is C34H35FN4O5. The number of nitrogens with zero attached hydrogens (tertiary/aromatic N) is 1. The number of anilines is 1. The molecule has 0 unspecified atom stereocenters. The minimum atomic E-state index is -0.902. The second-order valence-corrected chi connectivity index (χ2v) is 10.4. The molecule has 1 aliphatic rings. The first-order valence-corrected chi connectivity index (χ1v) is 14.5. The SMILES string of the molecule is C=Cc1ccccc1CCNC(=O)C(=O)Nc1ccc(Oc2ccnc3cc(OCC4CCNCC4)c(OC)cc23)c(F)c1. The van der Waals surface area contributed by atoms with Gasteiger partial charge in [-0.3, -0.25) is 14.6 Å². The lowest BCUT2D eigenvalue weighted by atomic mass is 9.99. The fraction of sp³-hybridized carbons (Fsp3) is 0.265. The molecular weight excluding hydrogens is 563 g/mol. The maximum Gasteiger partial charge on any atom is 0.313 e. The zero-order chi connectivity index (χ0) is 30.9. The van der Waals surface area contributed by atoms with Gasteiger partial charge in [-0.2, -0.15) is 0 Å². The van der Waals surface area contributed by atoms with Crippen molar-refractivity contribution in [3.05, 3.63) is 90.4 Å². The van der Waals surface area contributed by atoms with Crippen LogP contribution in [0.1, 0.15) is 24.0 Å². The third-order valence-electron chi connectivity index (χ3n) is 7.49. The molecule has 1 fully saturated rings. The van der Waals surface area contributed by atoms with Crippen molar-refractivity contribution in [2.45, 2.75) is 19.3 Å². The van der Waals surface area contributed by atoms with E-state index in [4.69, 9.17) is 14.2 Å². The highest BCUT2D eigenvalue weighted by Gasteiger charge is 2.18. The minimum absolute atomic E-state index is 0.0639. The van der Waals surface area contributed by atoms with E-state index in [-0.39, 0.29) is 18.0 Å². The van der Waals surface area contributed by atoms with Crippen molar-refractivity contribution >= 4 is 34.5 Å². The largest absolute Gasteiger partial charge is 0.493 e. The van der Waals surface area contributed by atoms with E-state index in [1.807, 2.05) is 24.3 Å². The summed E-state index contributed by atoms with van der Waals surface area (Å²) in [7, 11) is 1.56. The zero-order valence-electron chi connectivity index (χ0n) is 24.5. The zero-order valence-corrected chi connectivity index (χ0v) is 24.5. The van der Waals surface area contributed by atoms with E-state index in [9.17, 15) is 9.59 Å². The maximum absolute atomic E-state index is 15.1. The molecule has 0 saturated carbocycles. The number of carbonyl (C=O) groups excluding carboxylic acids is 2. The van der Waals surface area contributed by atoms with Crippen LogP contribution in [-0.2, 0) is 16.0 Å². The van der Waals surface area contributed by atoms with E-state index in [2.05, 4.69) is 27.5 Å². The third-order valence-corrected chi connectivity index (χ3v) is 7.49. The summed E-state index contributed by atoms with van der Waals surface area (Å²) in [4.78, 5) is 29.2. The van der Waals surface area contributed by atoms with Gasteiger partial charge >= 0.3 is 11.8 Å². The molecule has 5 rings (SSSR count). The van der Waals surface area contributed by atoms with E-state index < -0.39 is 17.6 Å². The highest BCUT2D eigenvalue weighted by Crippen LogP contribution is 2.38. The molecule has 1 saturated heterocycles. The standard InChI is InChI=1S/C34H35FN4O5/c1-3-23-6-4-5-7-24(23)12-16-38-33(40)34(41)39-25-8-9-30(27(35)18-25)44-29-13-17-37-28-20-32(31(42-2)19-26(28)29)43-21-22-10-14-36-15-11-22/h3-9,13,17-20,22,36H,1,10-12,14-16,21H2,2H3,(H,38,40)(H,39,41). The number of ether oxygens (including phenoxy) is 3. The molecule has 0 atom stereocenters. The van der Waals surface area contributed by atoms with Crippen LogP contribution in [0.15, 0.2) is 73.4 Å². The number of rotatable bonds is 11. The Morgan fingerprint density at radius 2 is 1.84 bits per heavy atom. The van der Waals surface area contributed by atoms with Crippen molar-refractivity contribution in [2.24, 2.45) is 5.92 Å². The van der Waals surface area contributed by atoms with Gasteiger partial charge in [0.1, 0.15) is 5.75 Å². The average Bonchev–Trinajstić information content (AvgIpc) is 3.05. The number of amides is 2. The van der Waals surface area contributed by atoms with Crippen molar-refractivity contribution in [3.63, 3.8) is 0 Å². The fourth-order valence-electron chi connectivity index (χ4n) is 5.07. The van der Waals surface area contributed by atoms with Crippen molar-refractivity contribution in [3.8, 4) is 23.0 Å². The van der Waals surface area contributed by atoms with Crippen LogP contribution in [-0.4, -0.2) is 50.1 Å². The summed E-state index contributed by atoms with van der Waals surface area (Å²) in [5.74, 6) is -0.569. The number of fused-ring (bicyclic) bond motifs is 1. The molecule has 4 aromatic rings. The molecule has 0 aliphatic carbocycles. The number of nitrogens with one attached hydrogen (secondary N) is 3. The first-order valence-electron chi connectivity index (χ1n) is 14.5. The maximum atomic E-state index is 15.1. The summed E-state index contributed by atoms with van der Waals surface area (Å²) in [6, 6.07) is 16.8. The molecule has 1 aromatic heterocycles. The Labute approximate surface area is 255 Å². The molecule has 3 N–H and O–H groups in total. The molecule has 0 radical (unpaired) electrons. The number of methoxy groups -OCH3 is 1. The first kappa shape index (κ1) is 30.5. The number of carbonyl (C=O) groups is 2. The molecule has 44 heavy (non-hydrogen) atoms. The summed E-state index contributed by atoms with van der Waals surface area (Å²) < 4.78 is 32.7. The third kappa shape index (κ3) is 7.51. The van der Waals surface area contributed by atoms with Gasteiger partial charge in [-0.25, -0.2) is 4.39 Å². The topological polar surface area (TPSA) is 111 Å². The summed E-state index contributed by atoms with van der Waals surface area (Å²) in [6.45, 7) is 6.59. The minimum Gasteiger partial charge on any atom is -0.493 e. The quantitative estimate of drug-likeness (QED) is 0.196. The van der Waals surface area contributed by atoms with Gasteiger partial charge in [-0.1, -0.05) is 36.9 Å². The number of pyridine rings is 1. The summed E-state index contributed by atoms with van der Waals surface area (Å²) >= 11 is 0. The lowest BCUT2D eigenvalue weighted by Crippen LogP contribution is -2.36. The fourth-order valence-corrected chi connectivity index (χ4v) is 5.07. The van der Waals surface area contributed by atoms with Crippen LogP contribution in [0.5, 0.6) is 23.0 Å². The van der Waals surface area contributed by atoms with E-state index in [1.165, 1.54) is 12.1 Å². The van der Waals surface area contributed by atoms with Gasteiger partial charge in [0.15, 0.2) is 23.1 Å². The Balaban J connectivity index is 1.21. The Morgan fingerprint density at radius 3 is 2.61 bits per heavy atom. The van der Waals surface area contributed by atoms with Crippen molar-refractivity contribution < 1.29 is 28.2 Å². The summed E-state index contributed by atoms with van der Waals surface area (Å²) in [5.41, 5.74) is 2.68. The smallest absolute Gasteiger partial charge is 0.313 e. The number of halogens is 1. The molecule has 1 aliphatic heterocycles. The van der Waals surface area contributed by atoms with E-state index in [0.717, 1.165) is 43.1 Å². The van der Waals surface area contributed by atoms with E-state index in [0.29, 0.717) is 47.1 Å². The predicted molar refractivity (Wildman–Crippen MR) is 168 cm³/mol. The second-order valence-electron chi connectivity index (χ2n) is 10.4. The number of hydrogen-bond acceptors (Lipinski definition) is 7. The summed E-state index contributed by atoms with van der Waals surface area (Å²) in [5, 5.41) is 8.97. The Bertz CT molecular complexity index is 1650. The van der Waals surface area contributed by atoms with Crippen LogP contribution in [0.4, 0.5) is 10.1 Å². The lowest BCUT2D eigenvalue weighted by Gasteiger charge is -2.23. The molecule has 228 valence electrons. The molecule has 3 aromatic carbocycles. The Hall–Kier alpha value is -4.96. The van der Waals surface area contributed by atoms with Crippen LogP contribution >= 0.6 is 0 Å². The van der Waals surface area contributed by atoms with Gasteiger partial charge in [0.25, 0.3) is 0 Å². The van der Waals surface area contributed by atoms with Crippen molar-refractivity contribution in [1.82, 2.24) is 15.6 Å². The van der Waals surface area contributed by atoms with Gasteiger partial charge in [0.05, 0.1) is 19.2 Å². The van der Waals surface area contributed by atoms with Crippen LogP contribution in [0.25, 0.3) is 17.0 Å². The number of aromatic nitrogens is 1. The van der Waals surface area contributed by atoms with Crippen LogP contribution in [0.3, 0.4) is 0 Å². The monoisotopic (exact) mass is 598 g/mol. The lowest BCUT2D eigenvalue weighted by molar-refractivity contribution is -0.136. The molecule has 0 bridgehead atoms. The van der Waals surface area contributed by atoms with Crippen molar-refractivity contribution in [1.29, 1.82) is 0 Å². The Morgan fingerprint density at radius 1 is 1.02 bits per heavy atom. The normalized spacial score (nSPS) is 13.2. The average molecular weight is 599 g/mol. The first-order chi connectivity index (χ1) is 21.4. The van der Waals surface area contributed by atoms with Gasteiger partial charge < -0.3 is 30.2 Å². The number of piperidine rings is 1. The van der Waals surface area contributed by atoms with Gasteiger partial charge in [0.2, 0.25) is 0 Å². The molecule has 10 heteroatoms.